The van der Waals surface area contributed by atoms with E-state index in [0.717, 1.165) is 10.5 Å². The number of aromatic amines is 1. The largest absolute Gasteiger partial charge is 0.481 e. The summed E-state index contributed by atoms with van der Waals surface area (Å²) in [4.78, 5) is 78.2. The number of fused-ring (bicyclic) bond motifs is 4. The fourth-order valence-electron chi connectivity index (χ4n) is 6.53. The number of amides is 2. The second-order valence-electron chi connectivity index (χ2n) is 11.9. The number of benzene rings is 1. The van der Waals surface area contributed by atoms with E-state index in [-0.39, 0.29) is 52.2 Å². The normalized spacial score (nSPS) is 21.5. The van der Waals surface area contributed by atoms with E-state index in [1.54, 1.807) is 0 Å². The molecule has 1 unspecified atom stereocenters. The maximum absolute atomic E-state index is 14.4. The second-order valence-corrected chi connectivity index (χ2v) is 11.9. The Morgan fingerprint density at radius 1 is 1.07 bits per heavy atom. The number of H-pyrrole nitrogens is 1. The molecular formula is C29H29FN8O7. The third kappa shape index (κ3) is 4.91. The summed E-state index contributed by atoms with van der Waals surface area (Å²) in [7, 11) is 0. The first-order valence-corrected chi connectivity index (χ1v) is 14.3. The molecule has 2 bridgehead atoms. The summed E-state index contributed by atoms with van der Waals surface area (Å²) < 4.78 is 15.3. The summed E-state index contributed by atoms with van der Waals surface area (Å²) in [5, 5.41) is 23.8. The fourth-order valence-corrected chi connectivity index (χ4v) is 6.53. The van der Waals surface area contributed by atoms with Crippen LogP contribution in [0, 0.1) is 16.6 Å². The van der Waals surface area contributed by atoms with Crippen LogP contribution < -0.4 is 38.2 Å². The highest BCUT2D eigenvalue weighted by Gasteiger charge is 2.54. The van der Waals surface area contributed by atoms with Crippen molar-refractivity contribution in [2.24, 2.45) is 10.8 Å². The predicted octanol–water partition coefficient (Wildman–Crippen LogP) is 0.952. The number of nitrogen functional groups attached to an aromatic ring is 1. The van der Waals surface area contributed by atoms with Gasteiger partial charge in [0, 0.05) is 12.6 Å². The van der Waals surface area contributed by atoms with E-state index < -0.39 is 45.6 Å². The number of carbonyl (C=O) groups is 3. The van der Waals surface area contributed by atoms with Crippen molar-refractivity contribution in [1.29, 1.82) is 0 Å². The number of rotatable bonds is 9. The third-order valence-corrected chi connectivity index (χ3v) is 9.57. The van der Waals surface area contributed by atoms with Gasteiger partial charge in [0.15, 0.2) is 0 Å². The van der Waals surface area contributed by atoms with Crippen LogP contribution in [-0.4, -0.2) is 48.5 Å². The van der Waals surface area contributed by atoms with Gasteiger partial charge in [0.05, 0.1) is 11.1 Å². The van der Waals surface area contributed by atoms with Crippen molar-refractivity contribution >= 4 is 40.6 Å². The van der Waals surface area contributed by atoms with Crippen LogP contribution in [0.25, 0.3) is 5.78 Å². The minimum Gasteiger partial charge on any atom is -0.481 e. The molecule has 2 heterocycles. The molecule has 7 rings (SSSR count). The molecule has 2 aromatic heterocycles. The number of aliphatic carboxylic acids is 1. The summed E-state index contributed by atoms with van der Waals surface area (Å²) in [6, 6.07) is 4.65. The minimum absolute atomic E-state index is 0.143. The molecule has 0 radical (unpaired) electrons. The molecule has 15 nitrogen and oxygen atoms in total. The minimum atomic E-state index is -0.871. The SMILES string of the molecule is CC(NC(=O)c1cc(C(=O)NCc2ccc(F)c(Nc3c(N)c(=O)c3=O)c2)n2c(=O)[nH]nc2n1)C12CCC(C(=O)O)(CC1)CC2. The summed E-state index contributed by atoms with van der Waals surface area (Å²) >= 11 is 0. The molecule has 0 saturated heterocycles. The number of halogens is 1. The van der Waals surface area contributed by atoms with Gasteiger partial charge in [-0.15, -0.1) is 5.10 Å². The lowest BCUT2D eigenvalue weighted by molar-refractivity contribution is -0.159. The molecule has 4 aromatic rings. The molecular weight excluding hydrogens is 591 g/mol. The first-order chi connectivity index (χ1) is 21.3. The highest BCUT2D eigenvalue weighted by atomic mass is 19.1. The Balaban J connectivity index is 1.19. The number of carbonyl (C=O) groups excluding carboxylic acids is 2. The van der Waals surface area contributed by atoms with E-state index in [4.69, 9.17) is 5.73 Å². The zero-order valence-electron chi connectivity index (χ0n) is 24.0. The lowest BCUT2D eigenvalue weighted by Gasteiger charge is -2.54. The molecule has 1 atom stereocenters. The third-order valence-electron chi connectivity index (χ3n) is 9.57. The number of carboxylic acids is 1. The van der Waals surface area contributed by atoms with Gasteiger partial charge in [-0.05, 0) is 74.6 Å². The Labute approximate surface area is 252 Å². The van der Waals surface area contributed by atoms with Crippen molar-refractivity contribution in [1.82, 2.24) is 30.2 Å². The van der Waals surface area contributed by atoms with Crippen LogP contribution in [0.15, 0.2) is 38.6 Å². The Hall–Kier alpha value is -5.41. The predicted molar refractivity (Wildman–Crippen MR) is 157 cm³/mol. The second kappa shape index (κ2) is 10.6. The highest BCUT2D eigenvalue weighted by molar-refractivity contribution is 5.98. The molecule has 3 aliphatic rings. The van der Waals surface area contributed by atoms with Gasteiger partial charge >= 0.3 is 11.7 Å². The van der Waals surface area contributed by atoms with Crippen molar-refractivity contribution < 1.29 is 23.9 Å². The summed E-state index contributed by atoms with van der Waals surface area (Å²) in [6.45, 7) is 1.72. The van der Waals surface area contributed by atoms with Crippen LogP contribution in [0.5, 0.6) is 0 Å². The molecule has 45 heavy (non-hydrogen) atoms. The number of nitrogens with two attached hydrogens (primary N) is 1. The van der Waals surface area contributed by atoms with Gasteiger partial charge in [0.2, 0.25) is 0 Å². The number of hydrogen-bond donors (Lipinski definition) is 6. The molecule has 3 fully saturated rings. The summed E-state index contributed by atoms with van der Waals surface area (Å²) in [5.74, 6) is -3.06. The van der Waals surface area contributed by atoms with Crippen LogP contribution in [0.4, 0.5) is 21.5 Å². The smallest absolute Gasteiger partial charge is 0.349 e. The average molecular weight is 621 g/mol. The molecule has 3 aliphatic carbocycles. The Bertz CT molecular complexity index is 2000. The van der Waals surface area contributed by atoms with Crippen molar-refractivity contribution in [2.75, 3.05) is 11.1 Å². The van der Waals surface area contributed by atoms with Gasteiger partial charge in [-0.1, -0.05) is 6.07 Å². The topological polar surface area (TPSA) is 231 Å². The molecule has 0 aliphatic heterocycles. The fraction of sp³-hybridized carbons (Fsp3) is 0.379. The standard InChI is InChI=1S/C29H29FN8O7/c1-13(28-4-7-29(8-5-28,9-6-28)25(43)44)33-23(41)17-11-18(38-26(35-17)36-37-27(38)45)24(42)32-12-14-2-3-15(30)16(10-14)34-20-19(31)21(39)22(20)40/h2-3,10-11,13,34H,4-9,12,31H2,1H3,(H,32,42)(H,33,41)(H,37,45)(H,43,44). The lowest BCUT2D eigenvalue weighted by Crippen LogP contribution is -2.54. The van der Waals surface area contributed by atoms with Crippen LogP contribution in [0.2, 0.25) is 0 Å². The molecule has 7 N–H and O–H groups in total. The summed E-state index contributed by atoms with van der Waals surface area (Å²) in [5.41, 5.74) is 1.41. The number of carboxylic acid groups (broad SMARTS) is 1. The highest BCUT2D eigenvalue weighted by Crippen LogP contribution is 2.58. The molecule has 0 spiro atoms. The zero-order chi connectivity index (χ0) is 32.3. The first kappa shape index (κ1) is 29.7. The molecule has 3 saturated carbocycles. The van der Waals surface area contributed by atoms with Gasteiger partial charge in [-0.3, -0.25) is 24.0 Å². The number of nitrogens with zero attached hydrogens (tertiary/aromatic N) is 3. The van der Waals surface area contributed by atoms with Crippen LogP contribution in [-0.2, 0) is 11.3 Å². The van der Waals surface area contributed by atoms with Crippen LogP contribution in [0.3, 0.4) is 0 Å². The number of nitrogens with one attached hydrogen (secondary N) is 4. The van der Waals surface area contributed by atoms with Crippen molar-refractivity contribution in [3.63, 3.8) is 0 Å². The zero-order valence-corrected chi connectivity index (χ0v) is 24.0. The maximum Gasteiger partial charge on any atom is 0.349 e. The van der Waals surface area contributed by atoms with Crippen molar-refractivity contribution in [3.05, 3.63) is 78.0 Å². The summed E-state index contributed by atoms with van der Waals surface area (Å²) in [6.07, 6.45) is 3.62. The molecule has 2 aromatic carbocycles. The van der Waals surface area contributed by atoms with Crippen molar-refractivity contribution in [2.45, 2.75) is 58.0 Å². The van der Waals surface area contributed by atoms with E-state index in [2.05, 4.69) is 31.1 Å². The molecule has 234 valence electrons. The number of hydrogen-bond acceptors (Lipinski definition) is 10. The van der Waals surface area contributed by atoms with E-state index in [0.29, 0.717) is 44.1 Å². The van der Waals surface area contributed by atoms with E-state index >= 15 is 0 Å². The van der Waals surface area contributed by atoms with Gasteiger partial charge in [0.25, 0.3) is 28.4 Å². The first-order valence-electron chi connectivity index (χ1n) is 14.3. The van der Waals surface area contributed by atoms with E-state index in [1.165, 1.54) is 18.2 Å². The number of aromatic nitrogens is 4. The van der Waals surface area contributed by atoms with Gasteiger partial charge < -0.3 is 26.8 Å². The maximum atomic E-state index is 14.4. The van der Waals surface area contributed by atoms with Crippen molar-refractivity contribution in [3.8, 4) is 0 Å². The Kier molecular flexibility index (Phi) is 7.01. The van der Waals surface area contributed by atoms with E-state index in [9.17, 15) is 38.3 Å². The lowest BCUT2D eigenvalue weighted by atomic mass is 9.52. The quantitative estimate of drug-likeness (QED) is 0.144. The monoisotopic (exact) mass is 620 g/mol. The van der Waals surface area contributed by atoms with Crippen LogP contribution >= 0.6 is 0 Å². The van der Waals surface area contributed by atoms with Gasteiger partial charge in [-0.25, -0.2) is 23.7 Å². The van der Waals surface area contributed by atoms with Gasteiger partial charge in [0.1, 0.15) is 28.6 Å². The Morgan fingerprint density at radius 2 is 1.76 bits per heavy atom. The molecule has 2 amide bonds. The van der Waals surface area contributed by atoms with E-state index in [1.807, 2.05) is 6.92 Å². The molecule has 16 heteroatoms. The van der Waals surface area contributed by atoms with Gasteiger partial charge in [-0.2, -0.15) is 0 Å². The average Bonchev–Trinajstić information content (AvgIpc) is 3.43. The Morgan fingerprint density at radius 3 is 2.40 bits per heavy atom. The van der Waals surface area contributed by atoms with Crippen LogP contribution in [0.1, 0.15) is 72.0 Å². The number of anilines is 3.